The molecular weight excluding hydrogens is 290 g/mol. The monoisotopic (exact) mass is 319 g/mol. The van der Waals surface area contributed by atoms with Crippen molar-refractivity contribution in [3.8, 4) is 0 Å². The van der Waals surface area contributed by atoms with E-state index in [2.05, 4.69) is 19.2 Å². The first-order valence-electron chi connectivity index (χ1n) is 8.29. The molecule has 1 amide bonds. The second-order valence-corrected chi connectivity index (χ2v) is 7.05. The minimum atomic E-state index is -0.486. The van der Waals surface area contributed by atoms with Gasteiger partial charge in [-0.05, 0) is 45.1 Å². The Hall–Kier alpha value is -1.84. The molecule has 4 heteroatoms. The predicted octanol–water partition coefficient (Wildman–Crippen LogP) is 4.69. The molecule has 1 rings (SSSR count). The van der Waals surface area contributed by atoms with Crippen molar-refractivity contribution < 1.29 is 14.3 Å². The average Bonchev–Trinajstić information content (AvgIpc) is 2.44. The molecule has 1 N–H and O–H groups in total. The van der Waals surface area contributed by atoms with Gasteiger partial charge in [-0.15, -0.1) is 0 Å². The number of ether oxygens (including phenoxy) is 1. The topological polar surface area (TPSA) is 55.4 Å². The van der Waals surface area contributed by atoms with E-state index in [9.17, 15) is 9.59 Å². The van der Waals surface area contributed by atoms with Crippen LogP contribution in [0.25, 0.3) is 0 Å². The zero-order valence-corrected chi connectivity index (χ0v) is 14.9. The number of carbonyl (C=O) groups is 2. The number of ketones is 1. The molecule has 0 aliphatic carbocycles. The number of hydrogen-bond acceptors (Lipinski definition) is 3. The molecule has 0 atom stereocenters. The highest BCUT2D eigenvalue weighted by molar-refractivity contribution is 5.97. The quantitative estimate of drug-likeness (QED) is 0.586. The molecule has 0 bridgehead atoms. The molecular formula is C19H29NO3. The zero-order valence-electron chi connectivity index (χ0n) is 14.9. The van der Waals surface area contributed by atoms with Gasteiger partial charge in [0.15, 0.2) is 5.78 Å². The van der Waals surface area contributed by atoms with E-state index in [4.69, 9.17) is 4.74 Å². The second kappa shape index (κ2) is 8.70. The van der Waals surface area contributed by atoms with Crippen LogP contribution in [0, 0.1) is 0 Å². The fourth-order valence-corrected chi connectivity index (χ4v) is 2.30. The first kappa shape index (κ1) is 19.2. The highest BCUT2D eigenvalue weighted by atomic mass is 16.6. The van der Waals surface area contributed by atoms with Gasteiger partial charge >= 0.3 is 6.09 Å². The van der Waals surface area contributed by atoms with Crippen LogP contribution in [-0.2, 0) is 4.74 Å². The van der Waals surface area contributed by atoms with Crippen LogP contribution in [0.4, 0.5) is 4.79 Å². The van der Waals surface area contributed by atoms with Crippen molar-refractivity contribution in [3.63, 3.8) is 0 Å². The van der Waals surface area contributed by atoms with Gasteiger partial charge in [-0.25, -0.2) is 4.79 Å². The predicted molar refractivity (Wildman–Crippen MR) is 92.9 cm³/mol. The molecule has 128 valence electrons. The van der Waals surface area contributed by atoms with Gasteiger partial charge in [-0.3, -0.25) is 4.79 Å². The van der Waals surface area contributed by atoms with Gasteiger partial charge in [0, 0.05) is 18.5 Å². The molecule has 1 aromatic rings. The molecule has 0 saturated carbocycles. The van der Waals surface area contributed by atoms with Crippen molar-refractivity contribution in [2.45, 2.75) is 65.4 Å². The van der Waals surface area contributed by atoms with Gasteiger partial charge in [0.25, 0.3) is 0 Å². The van der Waals surface area contributed by atoms with E-state index in [0.717, 1.165) is 24.0 Å². The molecule has 0 spiro atoms. The molecule has 0 aromatic heterocycles. The summed E-state index contributed by atoms with van der Waals surface area (Å²) in [6.45, 7) is 10.2. The number of benzene rings is 1. The van der Waals surface area contributed by atoms with Crippen LogP contribution in [-0.4, -0.2) is 24.0 Å². The summed E-state index contributed by atoms with van der Waals surface area (Å²) in [5, 5.41) is 2.71. The Morgan fingerprint density at radius 2 is 1.78 bits per heavy atom. The average molecular weight is 319 g/mol. The van der Waals surface area contributed by atoms with Crippen molar-refractivity contribution >= 4 is 11.9 Å². The van der Waals surface area contributed by atoms with Gasteiger partial charge in [0.05, 0.1) is 0 Å². The van der Waals surface area contributed by atoms with Gasteiger partial charge in [-0.2, -0.15) is 0 Å². The van der Waals surface area contributed by atoms with Crippen molar-refractivity contribution in [3.05, 3.63) is 35.4 Å². The summed E-state index contributed by atoms with van der Waals surface area (Å²) in [5.74, 6) is 0.510. The molecule has 0 radical (unpaired) electrons. The highest BCUT2D eigenvalue weighted by Crippen LogP contribution is 2.21. The fraction of sp³-hybridized carbons (Fsp3) is 0.579. The number of nitrogens with one attached hydrogen (secondary N) is 1. The molecule has 0 aliphatic rings. The van der Waals surface area contributed by atoms with Crippen LogP contribution in [0.1, 0.15) is 75.7 Å². The fourth-order valence-electron chi connectivity index (χ4n) is 2.30. The maximum Gasteiger partial charge on any atom is 0.407 e. The minimum absolute atomic E-state index is 0.173. The largest absolute Gasteiger partial charge is 0.444 e. The lowest BCUT2D eigenvalue weighted by atomic mass is 9.93. The summed E-state index contributed by atoms with van der Waals surface area (Å²) in [6, 6.07) is 7.79. The molecule has 23 heavy (non-hydrogen) atoms. The van der Waals surface area contributed by atoms with E-state index in [0.29, 0.717) is 18.9 Å². The zero-order chi connectivity index (χ0) is 17.5. The molecule has 0 saturated heterocycles. The van der Waals surface area contributed by atoms with Crippen LogP contribution >= 0.6 is 0 Å². The third-order valence-electron chi connectivity index (χ3n) is 3.38. The summed E-state index contributed by atoms with van der Waals surface area (Å²) < 4.78 is 5.16. The Morgan fingerprint density at radius 3 is 2.39 bits per heavy atom. The van der Waals surface area contributed by atoms with Crippen LogP contribution < -0.4 is 5.32 Å². The molecule has 0 aliphatic heterocycles. The van der Waals surface area contributed by atoms with E-state index in [1.807, 2.05) is 45.0 Å². The first-order valence-corrected chi connectivity index (χ1v) is 8.29. The maximum absolute atomic E-state index is 12.3. The number of rotatable bonds is 7. The summed E-state index contributed by atoms with van der Waals surface area (Å²) >= 11 is 0. The van der Waals surface area contributed by atoms with Gasteiger partial charge in [-0.1, -0.05) is 38.1 Å². The lowest BCUT2D eigenvalue weighted by Gasteiger charge is -2.19. The summed E-state index contributed by atoms with van der Waals surface area (Å²) in [4.78, 5) is 23.8. The summed E-state index contributed by atoms with van der Waals surface area (Å²) in [7, 11) is 0. The van der Waals surface area contributed by atoms with Crippen molar-refractivity contribution in [2.75, 3.05) is 6.54 Å². The first-order chi connectivity index (χ1) is 10.7. The van der Waals surface area contributed by atoms with E-state index in [-0.39, 0.29) is 5.78 Å². The van der Waals surface area contributed by atoms with E-state index >= 15 is 0 Å². The Labute approximate surface area is 139 Å². The van der Waals surface area contributed by atoms with E-state index in [1.54, 1.807) is 0 Å². The SMILES string of the molecule is CC(C)c1ccccc1C(=O)CCCCNC(=O)OC(C)(C)C. The van der Waals surface area contributed by atoms with Crippen molar-refractivity contribution in [1.82, 2.24) is 5.32 Å². The number of Topliss-reactive ketones (excluding diaryl/α,β-unsaturated/α-hetero) is 1. The van der Waals surface area contributed by atoms with Crippen LogP contribution in [0.5, 0.6) is 0 Å². The molecule has 0 unspecified atom stereocenters. The molecule has 4 nitrogen and oxygen atoms in total. The number of hydrogen-bond donors (Lipinski definition) is 1. The number of unbranched alkanes of at least 4 members (excludes halogenated alkanes) is 1. The van der Waals surface area contributed by atoms with Gasteiger partial charge in [0.1, 0.15) is 5.60 Å². The van der Waals surface area contributed by atoms with Crippen molar-refractivity contribution in [2.24, 2.45) is 0 Å². The Kier molecular flexibility index (Phi) is 7.27. The molecule has 0 fully saturated rings. The Morgan fingerprint density at radius 1 is 1.13 bits per heavy atom. The van der Waals surface area contributed by atoms with Crippen molar-refractivity contribution in [1.29, 1.82) is 0 Å². The smallest absolute Gasteiger partial charge is 0.407 e. The normalized spacial score (nSPS) is 11.4. The Bertz CT molecular complexity index is 530. The third-order valence-corrected chi connectivity index (χ3v) is 3.38. The van der Waals surface area contributed by atoms with Gasteiger partial charge < -0.3 is 10.1 Å². The van der Waals surface area contributed by atoms with Crippen LogP contribution in [0.15, 0.2) is 24.3 Å². The lowest BCUT2D eigenvalue weighted by Crippen LogP contribution is -2.33. The molecule has 0 heterocycles. The number of amides is 1. The summed E-state index contributed by atoms with van der Waals surface area (Å²) in [5.41, 5.74) is 1.44. The third kappa shape index (κ3) is 7.31. The lowest BCUT2D eigenvalue weighted by molar-refractivity contribution is 0.0527. The Balaban J connectivity index is 2.34. The molecule has 1 aromatic carbocycles. The number of carbonyl (C=O) groups excluding carboxylic acids is 2. The van der Waals surface area contributed by atoms with Crippen LogP contribution in [0.3, 0.4) is 0 Å². The van der Waals surface area contributed by atoms with Crippen LogP contribution in [0.2, 0.25) is 0 Å². The maximum atomic E-state index is 12.3. The standard InChI is InChI=1S/C19H29NO3/c1-14(2)15-10-6-7-11-16(15)17(21)12-8-9-13-20-18(22)23-19(3,4)5/h6-7,10-11,14H,8-9,12-13H2,1-5H3,(H,20,22). The highest BCUT2D eigenvalue weighted by Gasteiger charge is 2.16. The second-order valence-electron chi connectivity index (χ2n) is 7.05. The minimum Gasteiger partial charge on any atom is -0.444 e. The van der Waals surface area contributed by atoms with E-state index < -0.39 is 11.7 Å². The summed E-state index contributed by atoms with van der Waals surface area (Å²) in [6.07, 6.45) is 1.60. The van der Waals surface area contributed by atoms with Gasteiger partial charge in [0.2, 0.25) is 0 Å². The van der Waals surface area contributed by atoms with E-state index in [1.165, 1.54) is 0 Å². The number of alkyl carbamates (subject to hydrolysis) is 1.